The molecule has 1 aromatic heterocycles. The highest BCUT2D eigenvalue weighted by Gasteiger charge is 2.33. The molecule has 3 aromatic carbocycles. The van der Waals surface area contributed by atoms with Gasteiger partial charge in [0, 0.05) is 12.1 Å². The smallest absolute Gasteiger partial charge is 0.265 e. The summed E-state index contributed by atoms with van der Waals surface area (Å²) in [6, 6.07) is 22.1. The van der Waals surface area contributed by atoms with Gasteiger partial charge in [0.05, 0.1) is 11.3 Å². The van der Waals surface area contributed by atoms with Gasteiger partial charge in [0.15, 0.2) is 0 Å². The van der Waals surface area contributed by atoms with Crippen LogP contribution in [0.4, 0.5) is 5.69 Å². The molecule has 2 heterocycles. The standard InChI is InChI=1S/C23H19N3O3S/c1-16-10-12-18(13-11-16)22-24-23(29-25-22)19-7-3-5-9-21(19)30(27,28)26-15-14-17-6-2-4-8-20(17)26/h2-13H,14-15H2,1H3. The Morgan fingerprint density at radius 1 is 0.933 bits per heavy atom. The molecule has 1 aliphatic heterocycles. The van der Waals surface area contributed by atoms with Crippen LogP contribution in [0.2, 0.25) is 0 Å². The first-order chi connectivity index (χ1) is 14.5. The monoisotopic (exact) mass is 417 g/mol. The SMILES string of the molecule is Cc1ccc(-c2noc(-c3ccccc3S(=O)(=O)N3CCc4ccccc43)n2)cc1. The highest BCUT2D eigenvalue weighted by Crippen LogP contribution is 2.36. The first-order valence-corrected chi connectivity index (χ1v) is 11.1. The Kier molecular flexibility index (Phi) is 4.40. The summed E-state index contributed by atoms with van der Waals surface area (Å²) in [7, 11) is -3.79. The first-order valence-electron chi connectivity index (χ1n) is 9.65. The third-order valence-electron chi connectivity index (χ3n) is 5.27. The second kappa shape index (κ2) is 7.11. The van der Waals surface area contributed by atoms with Gasteiger partial charge >= 0.3 is 0 Å². The third kappa shape index (κ3) is 3.07. The number of hydrogen-bond donors (Lipinski definition) is 0. The quantitative estimate of drug-likeness (QED) is 0.490. The van der Waals surface area contributed by atoms with E-state index in [1.54, 1.807) is 24.3 Å². The molecule has 0 unspecified atom stereocenters. The number of sulfonamides is 1. The summed E-state index contributed by atoms with van der Waals surface area (Å²) in [5.41, 5.74) is 4.08. The van der Waals surface area contributed by atoms with Crippen LogP contribution in [0.5, 0.6) is 0 Å². The summed E-state index contributed by atoms with van der Waals surface area (Å²) < 4.78 is 34.0. The average molecular weight is 417 g/mol. The molecule has 30 heavy (non-hydrogen) atoms. The van der Waals surface area contributed by atoms with E-state index in [-0.39, 0.29) is 10.8 Å². The summed E-state index contributed by atoms with van der Waals surface area (Å²) in [5, 5.41) is 4.05. The van der Waals surface area contributed by atoms with Crippen molar-refractivity contribution in [1.29, 1.82) is 0 Å². The Balaban J connectivity index is 1.57. The molecule has 0 saturated heterocycles. The van der Waals surface area contributed by atoms with Crippen LogP contribution in [0, 0.1) is 6.92 Å². The van der Waals surface area contributed by atoms with Gasteiger partial charge in [-0.15, -0.1) is 0 Å². The van der Waals surface area contributed by atoms with E-state index >= 15 is 0 Å². The number of nitrogens with zero attached hydrogens (tertiary/aromatic N) is 3. The molecular weight excluding hydrogens is 398 g/mol. The molecule has 0 atom stereocenters. The van der Waals surface area contributed by atoms with E-state index in [2.05, 4.69) is 10.1 Å². The van der Waals surface area contributed by atoms with Crippen molar-refractivity contribution in [2.24, 2.45) is 0 Å². The predicted molar refractivity (Wildman–Crippen MR) is 115 cm³/mol. The Labute approximate surface area is 174 Å². The molecule has 0 radical (unpaired) electrons. The molecule has 7 heteroatoms. The van der Waals surface area contributed by atoms with Crippen LogP contribution in [0.1, 0.15) is 11.1 Å². The lowest BCUT2D eigenvalue weighted by Crippen LogP contribution is -2.29. The third-order valence-corrected chi connectivity index (χ3v) is 7.14. The number of para-hydroxylation sites is 1. The lowest BCUT2D eigenvalue weighted by Gasteiger charge is -2.20. The molecule has 150 valence electrons. The van der Waals surface area contributed by atoms with Gasteiger partial charge in [0.1, 0.15) is 4.90 Å². The van der Waals surface area contributed by atoms with E-state index in [1.165, 1.54) is 4.31 Å². The Morgan fingerprint density at radius 2 is 1.67 bits per heavy atom. The highest BCUT2D eigenvalue weighted by atomic mass is 32.2. The van der Waals surface area contributed by atoms with Gasteiger partial charge in [-0.1, -0.05) is 65.3 Å². The minimum atomic E-state index is -3.79. The number of anilines is 1. The summed E-state index contributed by atoms with van der Waals surface area (Å²) in [6.07, 6.45) is 0.690. The lowest BCUT2D eigenvalue weighted by molar-refractivity contribution is 0.431. The summed E-state index contributed by atoms with van der Waals surface area (Å²) >= 11 is 0. The zero-order chi connectivity index (χ0) is 20.7. The van der Waals surface area contributed by atoms with Crippen LogP contribution in [-0.4, -0.2) is 25.1 Å². The molecule has 0 saturated carbocycles. The van der Waals surface area contributed by atoms with E-state index in [0.717, 1.165) is 22.4 Å². The highest BCUT2D eigenvalue weighted by molar-refractivity contribution is 7.93. The van der Waals surface area contributed by atoms with Crippen molar-refractivity contribution in [2.45, 2.75) is 18.2 Å². The maximum atomic E-state index is 13.5. The van der Waals surface area contributed by atoms with Crippen LogP contribution >= 0.6 is 0 Å². The molecule has 4 aromatic rings. The summed E-state index contributed by atoms with van der Waals surface area (Å²) in [5.74, 6) is 0.598. The van der Waals surface area contributed by atoms with E-state index < -0.39 is 10.0 Å². The maximum Gasteiger partial charge on any atom is 0.265 e. The molecule has 0 amide bonds. The number of fused-ring (bicyclic) bond motifs is 1. The molecule has 0 N–H and O–H groups in total. The molecule has 5 rings (SSSR count). The number of hydrogen-bond acceptors (Lipinski definition) is 5. The van der Waals surface area contributed by atoms with Gasteiger partial charge in [-0.2, -0.15) is 4.98 Å². The van der Waals surface area contributed by atoms with Crippen molar-refractivity contribution in [3.05, 3.63) is 83.9 Å². The fourth-order valence-electron chi connectivity index (χ4n) is 3.70. The molecule has 6 nitrogen and oxygen atoms in total. The number of aromatic nitrogens is 2. The number of aryl methyl sites for hydroxylation is 1. The fourth-order valence-corrected chi connectivity index (χ4v) is 5.39. The second-order valence-electron chi connectivity index (χ2n) is 7.24. The molecule has 0 fully saturated rings. The summed E-state index contributed by atoms with van der Waals surface area (Å²) in [4.78, 5) is 4.62. The zero-order valence-corrected chi connectivity index (χ0v) is 17.1. The Morgan fingerprint density at radius 3 is 2.50 bits per heavy atom. The van der Waals surface area contributed by atoms with Gasteiger partial charge in [-0.25, -0.2) is 8.42 Å². The van der Waals surface area contributed by atoms with Gasteiger partial charge in [-0.3, -0.25) is 4.31 Å². The fraction of sp³-hybridized carbons (Fsp3) is 0.130. The van der Waals surface area contributed by atoms with Crippen LogP contribution < -0.4 is 4.31 Å². The molecule has 1 aliphatic rings. The normalized spacial score (nSPS) is 13.4. The van der Waals surface area contributed by atoms with E-state index in [4.69, 9.17) is 4.52 Å². The molecule has 0 bridgehead atoms. The van der Waals surface area contributed by atoms with Crippen LogP contribution in [0.15, 0.2) is 82.2 Å². The van der Waals surface area contributed by atoms with Gasteiger partial charge in [0.2, 0.25) is 5.82 Å². The van der Waals surface area contributed by atoms with E-state index in [1.807, 2.05) is 55.5 Å². The number of rotatable bonds is 4. The van der Waals surface area contributed by atoms with E-state index in [0.29, 0.717) is 24.4 Å². The maximum absolute atomic E-state index is 13.5. The second-order valence-corrected chi connectivity index (χ2v) is 9.07. The minimum absolute atomic E-state index is 0.154. The largest absolute Gasteiger partial charge is 0.334 e. The summed E-state index contributed by atoms with van der Waals surface area (Å²) in [6.45, 7) is 2.41. The van der Waals surface area contributed by atoms with Crippen molar-refractivity contribution in [3.8, 4) is 22.8 Å². The van der Waals surface area contributed by atoms with Crippen molar-refractivity contribution in [3.63, 3.8) is 0 Å². The molecule has 0 spiro atoms. The Bertz CT molecular complexity index is 1330. The first kappa shape index (κ1) is 18.6. The van der Waals surface area contributed by atoms with Crippen LogP contribution in [0.3, 0.4) is 0 Å². The number of benzene rings is 3. The van der Waals surface area contributed by atoms with Crippen LogP contribution in [0.25, 0.3) is 22.8 Å². The van der Waals surface area contributed by atoms with Gasteiger partial charge < -0.3 is 4.52 Å². The van der Waals surface area contributed by atoms with E-state index in [9.17, 15) is 8.42 Å². The van der Waals surface area contributed by atoms with Crippen molar-refractivity contribution in [2.75, 3.05) is 10.8 Å². The lowest BCUT2D eigenvalue weighted by atomic mass is 10.1. The molecular formula is C23H19N3O3S. The average Bonchev–Trinajstić information content (AvgIpc) is 3.42. The minimum Gasteiger partial charge on any atom is -0.334 e. The zero-order valence-electron chi connectivity index (χ0n) is 16.3. The van der Waals surface area contributed by atoms with Gasteiger partial charge in [-0.05, 0) is 37.1 Å². The molecule has 0 aliphatic carbocycles. The van der Waals surface area contributed by atoms with Crippen molar-refractivity contribution >= 4 is 15.7 Å². The predicted octanol–water partition coefficient (Wildman–Crippen LogP) is 4.46. The van der Waals surface area contributed by atoms with Crippen molar-refractivity contribution < 1.29 is 12.9 Å². The topological polar surface area (TPSA) is 76.3 Å². The van der Waals surface area contributed by atoms with Crippen molar-refractivity contribution in [1.82, 2.24) is 10.1 Å². The van der Waals surface area contributed by atoms with Gasteiger partial charge in [0.25, 0.3) is 15.9 Å². The van der Waals surface area contributed by atoms with Crippen LogP contribution in [-0.2, 0) is 16.4 Å². The Hall–Kier alpha value is -3.45.